The van der Waals surface area contributed by atoms with Crippen LogP contribution in [0.2, 0.25) is 0 Å². The van der Waals surface area contributed by atoms with E-state index in [4.69, 9.17) is 12.2 Å². The fraction of sp³-hybridized carbons (Fsp3) is 0.273. The molecule has 0 bridgehead atoms. The second-order valence-electron chi connectivity index (χ2n) is 7.90. The first kappa shape index (κ1) is 21.0. The van der Waals surface area contributed by atoms with Crippen LogP contribution in [0.25, 0.3) is 17.1 Å². The van der Waals surface area contributed by atoms with Crippen molar-refractivity contribution in [1.29, 1.82) is 0 Å². The van der Waals surface area contributed by atoms with Crippen LogP contribution in [0.1, 0.15) is 5.56 Å². The van der Waals surface area contributed by atoms with E-state index in [2.05, 4.69) is 30.6 Å². The molecule has 1 amide bonds. The van der Waals surface area contributed by atoms with Gasteiger partial charge in [0.1, 0.15) is 6.54 Å². The van der Waals surface area contributed by atoms with Gasteiger partial charge in [0, 0.05) is 31.7 Å². The lowest BCUT2D eigenvalue weighted by Crippen LogP contribution is -2.50. The summed E-state index contributed by atoms with van der Waals surface area (Å²) in [5.41, 5.74) is 2.97. The number of amides is 1. The Hall–Kier alpha value is -3.86. The molecule has 11 heteroatoms. The number of anilines is 1. The normalized spacial score (nSPS) is 14.0. The highest BCUT2D eigenvalue weighted by molar-refractivity contribution is 7.71. The molecular weight excluding hydrogens is 438 g/mol. The summed E-state index contributed by atoms with van der Waals surface area (Å²) in [4.78, 5) is 17.0. The number of aromatic amines is 1. The molecule has 168 valence electrons. The zero-order valence-electron chi connectivity index (χ0n) is 18.1. The Morgan fingerprint density at radius 3 is 2.48 bits per heavy atom. The topological polar surface area (TPSA) is 101 Å². The molecule has 5 rings (SSSR count). The molecule has 0 unspecified atom stereocenters. The average Bonchev–Trinajstić information content (AvgIpc) is 3.48. The van der Waals surface area contributed by atoms with E-state index in [0.29, 0.717) is 42.7 Å². The lowest BCUT2D eigenvalue weighted by atomic mass is 10.1. The molecule has 0 aliphatic carbocycles. The minimum atomic E-state index is 0.00293. The number of hydrogen-bond acceptors (Lipinski definition) is 7. The maximum absolute atomic E-state index is 13.1. The van der Waals surface area contributed by atoms with E-state index in [1.807, 2.05) is 66.4 Å². The van der Waals surface area contributed by atoms with Crippen LogP contribution in [0.4, 0.5) is 5.95 Å². The Morgan fingerprint density at radius 2 is 1.76 bits per heavy atom. The number of aryl methyl sites for hydroxylation is 1. The molecule has 10 nitrogen and oxygen atoms in total. The maximum atomic E-state index is 13.1. The quantitative estimate of drug-likeness (QED) is 0.455. The van der Waals surface area contributed by atoms with Gasteiger partial charge in [0.15, 0.2) is 10.6 Å². The van der Waals surface area contributed by atoms with Gasteiger partial charge in [-0.25, -0.2) is 0 Å². The van der Waals surface area contributed by atoms with Gasteiger partial charge in [-0.1, -0.05) is 53.1 Å². The number of piperazine rings is 1. The summed E-state index contributed by atoms with van der Waals surface area (Å²) in [7, 11) is 0. The van der Waals surface area contributed by atoms with Gasteiger partial charge in [-0.3, -0.25) is 14.5 Å². The van der Waals surface area contributed by atoms with Crippen LogP contribution in [0.3, 0.4) is 0 Å². The van der Waals surface area contributed by atoms with Crippen molar-refractivity contribution in [3.63, 3.8) is 0 Å². The largest absolute Gasteiger partial charge is 0.338 e. The van der Waals surface area contributed by atoms with Gasteiger partial charge in [0.25, 0.3) is 0 Å². The predicted octanol–water partition coefficient (Wildman–Crippen LogP) is 2.24. The number of tetrazole rings is 1. The summed E-state index contributed by atoms with van der Waals surface area (Å²) in [5.74, 6) is 1.34. The Bertz CT molecular complexity index is 1300. The second-order valence-corrected chi connectivity index (χ2v) is 8.29. The Morgan fingerprint density at radius 1 is 1.03 bits per heavy atom. The van der Waals surface area contributed by atoms with Crippen molar-refractivity contribution in [2.24, 2.45) is 0 Å². The smallest absolute Gasteiger partial charge is 0.250 e. The van der Waals surface area contributed by atoms with Crippen LogP contribution in [-0.4, -0.2) is 72.0 Å². The van der Waals surface area contributed by atoms with E-state index in [1.165, 1.54) is 0 Å². The number of aromatic nitrogens is 7. The summed E-state index contributed by atoms with van der Waals surface area (Å²) in [5, 5.41) is 19.3. The van der Waals surface area contributed by atoms with Crippen LogP contribution in [0.5, 0.6) is 0 Å². The minimum Gasteiger partial charge on any atom is -0.338 e. The van der Waals surface area contributed by atoms with Gasteiger partial charge in [0.05, 0.1) is 5.69 Å². The first-order valence-corrected chi connectivity index (χ1v) is 11.1. The van der Waals surface area contributed by atoms with Gasteiger partial charge in [-0.05, 0) is 41.7 Å². The van der Waals surface area contributed by atoms with Gasteiger partial charge >= 0.3 is 0 Å². The second kappa shape index (κ2) is 8.94. The van der Waals surface area contributed by atoms with Crippen LogP contribution < -0.4 is 4.90 Å². The van der Waals surface area contributed by atoms with Crippen molar-refractivity contribution < 1.29 is 4.79 Å². The predicted molar refractivity (Wildman–Crippen MR) is 126 cm³/mol. The van der Waals surface area contributed by atoms with Crippen molar-refractivity contribution in [3.8, 4) is 17.1 Å². The van der Waals surface area contributed by atoms with E-state index in [-0.39, 0.29) is 12.5 Å². The molecule has 0 radical (unpaired) electrons. The average molecular weight is 462 g/mol. The van der Waals surface area contributed by atoms with Gasteiger partial charge in [-0.15, -0.1) is 0 Å². The van der Waals surface area contributed by atoms with Crippen molar-refractivity contribution in [2.45, 2.75) is 13.5 Å². The van der Waals surface area contributed by atoms with Crippen molar-refractivity contribution in [2.75, 3.05) is 31.1 Å². The molecule has 1 saturated heterocycles. The molecule has 2 aromatic carbocycles. The first-order chi connectivity index (χ1) is 16.1. The lowest BCUT2D eigenvalue weighted by molar-refractivity contribution is -0.132. The standard InChI is InChI=1S/C22H23N9OS/c1-16-7-9-17(10-8-16)20-23-25-22(33)30(20)15-19(32)28-11-13-29(14-12-28)21-24-26-27-31(21)18-5-3-2-4-6-18/h2-10H,11-15H2,1H3,(H,25,33). The van der Waals surface area contributed by atoms with E-state index in [9.17, 15) is 4.79 Å². The fourth-order valence-electron chi connectivity index (χ4n) is 3.89. The van der Waals surface area contributed by atoms with E-state index in [1.54, 1.807) is 9.25 Å². The Kier molecular flexibility index (Phi) is 5.69. The number of carbonyl (C=O) groups is 1. The molecule has 1 aliphatic heterocycles. The minimum absolute atomic E-state index is 0.00293. The number of hydrogen-bond donors (Lipinski definition) is 1. The highest BCUT2D eigenvalue weighted by Crippen LogP contribution is 2.20. The summed E-state index contributed by atoms with van der Waals surface area (Å²) in [6.07, 6.45) is 0. The number of carbonyl (C=O) groups excluding carboxylic acids is 1. The molecular formula is C22H23N9OS. The zero-order chi connectivity index (χ0) is 22.8. The van der Waals surface area contributed by atoms with Crippen LogP contribution in [0, 0.1) is 11.7 Å². The van der Waals surface area contributed by atoms with E-state index in [0.717, 1.165) is 16.8 Å². The van der Waals surface area contributed by atoms with Gasteiger partial charge < -0.3 is 9.80 Å². The third-order valence-corrected chi connectivity index (χ3v) is 6.04. The number of rotatable bonds is 5. The fourth-order valence-corrected chi connectivity index (χ4v) is 4.09. The molecule has 3 heterocycles. The van der Waals surface area contributed by atoms with Crippen LogP contribution in [-0.2, 0) is 11.3 Å². The maximum Gasteiger partial charge on any atom is 0.250 e. The molecule has 0 atom stereocenters. The van der Waals surface area contributed by atoms with Crippen molar-refractivity contribution in [3.05, 3.63) is 64.9 Å². The van der Waals surface area contributed by atoms with E-state index >= 15 is 0 Å². The summed E-state index contributed by atoms with van der Waals surface area (Å²) in [6, 6.07) is 17.8. The molecule has 4 aromatic rings. The highest BCUT2D eigenvalue weighted by atomic mass is 32.1. The lowest BCUT2D eigenvalue weighted by Gasteiger charge is -2.34. The Labute approximate surface area is 195 Å². The molecule has 0 spiro atoms. The van der Waals surface area contributed by atoms with Crippen LogP contribution in [0.15, 0.2) is 54.6 Å². The van der Waals surface area contributed by atoms with E-state index < -0.39 is 0 Å². The number of para-hydroxylation sites is 1. The third-order valence-electron chi connectivity index (χ3n) is 5.73. The third kappa shape index (κ3) is 4.27. The SMILES string of the molecule is Cc1ccc(-c2n[nH]c(=S)n2CC(=O)N2CCN(c3nnnn3-c3ccccc3)CC2)cc1. The Balaban J connectivity index is 1.27. The number of benzene rings is 2. The number of H-pyrrole nitrogens is 1. The van der Waals surface area contributed by atoms with Gasteiger partial charge in [-0.2, -0.15) is 9.78 Å². The molecule has 1 fully saturated rings. The number of nitrogens with zero attached hydrogens (tertiary/aromatic N) is 8. The molecule has 0 saturated carbocycles. The molecule has 2 aromatic heterocycles. The van der Waals surface area contributed by atoms with Crippen molar-refractivity contribution in [1.82, 2.24) is 39.9 Å². The molecule has 33 heavy (non-hydrogen) atoms. The molecule has 1 aliphatic rings. The van der Waals surface area contributed by atoms with Crippen molar-refractivity contribution >= 4 is 24.1 Å². The first-order valence-electron chi connectivity index (χ1n) is 10.7. The van der Waals surface area contributed by atoms with Crippen LogP contribution >= 0.6 is 12.2 Å². The zero-order valence-corrected chi connectivity index (χ0v) is 18.9. The summed E-state index contributed by atoms with van der Waals surface area (Å²) >= 11 is 5.39. The molecule has 1 N–H and O–H groups in total. The van der Waals surface area contributed by atoms with Gasteiger partial charge in [0.2, 0.25) is 11.9 Å². The highest BCUT2D eigenvalue weighted by Gasteiger charge is 2.25. The number of nitrogens with one attached hydrogen (secondary N) is 1. The summed E-state index contributed by atoms with van der Waals surface area (Å²) < 4.78 is 3.90. The summed E-state index contributed by atoms with van der Waals surface area (Å²) in [6.45, 7) is 4.60. The monoisotopic (exact) mass is 461 g/mol.